The van der Waals surface area contributed by atoms with Crippen LogP contribution in [0.15, 0.2) is 12.1 Å². The summed E-state index contributed by atoms with van der Waals surface area (Å²) < 4.78 is 4.53. The molecule has 0 aliphatic heterocycles. The second-order valence-corrected chi connectivity index (χ2v) is 2.47. The Morgan fingerprint density at radius 1 is 1.62 bits per heavy atom. The predicted molar refractivity (Wildman–Crippen MR) is 47.9 cm³/mol. The van der Waals surface area contributed by atoms with Crippen LogP contribution in [0.3, 0.4) is 0 Å². The fourth-order valence-corrected chi connectivity index (χ4v) is 0.951. The second kappa shape index (κ2) is 3.86. The molecule has 1 aromatic heterocycles. The van der Waals surface area contributed by atoms with Crippen LogP contribution in [0, 0.1) is 0 Å². The lowest BCUT2D eigenvalue weighted by Gasteiger charge is -2.02. The SMILES string of the molecule is COC(=O)c1cc(N)nc(CN)c1. The van der Waals surface area contributed by atoms with Crippen LogP contribution < -0.4 is 11.5 Å². The minimum absolute atomic E-state index is 0.245. The number of carbonyl (C=O) groups is 1. The van der Waals surface area contributed by atoms with Gasteiger partial charge in [-0.3, -0.25) is 0 Å². The summed E-state index contributed by atoms with van der Waals surface area (Å²) in [4.78, 5) is 15.0. The highest BCUT2D eigenvalue weighted by Crippen LogP contribution is 2.08. The summed E-state index contributed by atoms with van der Waals surface area (Å²) in [5.41, 5.74) is 11.8. The van der Waals surface area contributed by atoms with Crippen molar-refractivity contribution in [2.75, 3.05) is 12.8 Å². The standard InChI is InChI=1S/C8H11N3O2/c1-13-8(12)5-2-6(4-9)11-7(10)3-5/h2-3H,4,9H2,1H3,(H2,10,11). The van der Waals surface area contributed by atoms with Crippen LogP contribution >= 0.6 is 0 Å². The van der Waals surface area contributed by atoms with E-state index in [1.54, 1.807) is 6.07 Å². The summed E-state index contributed by atoms with van der Waals surface area (Å²) in [5.74, 6) is -0.174. The molecule has 0 spiro atoms. The molecule has 0 unspecified atom stereocenters. The van der Waals surface area contributed by atoms with E-state index in [1.807, 2.05) is 0 Å². The van der Waals surface area contributed by atoms with Gasteiger partial charge in [-0.25, -0.2) is 9.78 Å². The minimum atomic E-state index is -0.441. The maximum absolute atomic E-state index is 11.1. The number of methoxy groups -OCH3 is 1. The van der Waals surface area contributed by atoms with Gasteiger partial charge in [0, 0.05) is 6.54 Å². The van der Waals surface area contributed by atoms with E-state index in [0.29, 0.717) is 11.3 Å². The van der Waals surface area contributed by atoms with Crippen molar-refractivity contribution in [1.29, 1.82) is 0 Å². The first kappa shape index (κ1) is 9.47. The topological polar surface area (TPSA) is 91.2 Å². The summed E-state index contributed by atoms with van der Waals surface area (Å²) in [6, 6.07) is 3.01. The summed E-state index contributed by atoms with van der Waals surface area (Å²) in [7, 11) is 1.31. The van der Waals surface area contributed by atoms with E-state index in [1.165, 1.54) is 13.2 Å². The molecule has 0 amide bonds. The Balaban J connectivity index is 3.08. The van der Waals surface area contributed by atoms with Gasteiger partial charge in [0.05, 0.1) is 18.4 Å². The highest BCUT2D eigenvalue weighted by atomic mass is 16.5. The third-order valence-corrected chi connectivity index (χ3v) is 1.53. The van der Waals surface area contributed by atoms with Gasteiger partial charge in [0.2, 0.25) is 0 Å². The number of carbonyl (C=O) groups excluding carboxylic acids is 1. The van der Waals surface area contributed by atoms with Crippen molar-refractivity contribution >= 4 is 11.8 Å². The van der Waals surface area contributed by atoms with Gasteiger partial charge in [-0.1, -0.05) is 0 Å². The number of aromatic nitrogens is 1. The quantitative estimate of drug-likeness (QED) is 0.622. The lowest BCUT2D eigenvalue weighted by molar-refractivity contribution is 0.0600. The zero-order valence-corrected chi connectivity index (χ0v) is 7.28. The fourth-order valence-electron chi connectivity index (χ4n) is 0.951. The van der Waals surface area contributed by atoms with E-state index in [0.717, 1.165) is 0 Å². The van der Waals surface area contributed by atoms with Gasteiger partial charge in [-0.2, -0.15) is 0 Å². The average Bonchev–Trinajstić information content (AvgIpc) is 2.15. The van der Waals surface area contributed by atoms with Gasteiger partial charge in [0.15, 0.2) is 0 Å². The second-order valence-electron chi connectivity index (χ2n) is 2.47. The molecule has 0 radical (unpaired) electrons. The number of ether oxygens (including phenoxy) is 1. The fraction of sp³-hybridized carbons (Fsp3) is 0.250. The van der Waals surface area contributed by atoms with Crippen LogP contribution in [-0.2, 0) is 11.3 Å². The first-order valence-corrected chi connectivity index (χ1v) is 3.72. The zero-order chi connectivity index (χ0) is 9.84. The third-order valence-electron chi connectivity index (χ3n) is 1.53. The van der Waals surface area contributed by atoms with Crippen molar-refractivity contribution in [1.82, 2.24) is 4.98 Å². The normalized spacial score (nSPS) is 9.69. The molecule has 0 saturated carbocycles. The molecule has 0 aliphatic carbocycles. The first-order chi connectivity index (χ1) is 6.17. The number of esters is 1. The van der Waals surface area contributed by atoms with Crippen molar-refractivity contribution in [3.63, 3.8) is 0 Å². The molecule has 0 aromatic carbocycles. The molecular weight excluding hydrogens is 170 g/mol. The summed E-state index contributed by atoms with van der Waals surface area (Å²) in [5, 5.41) is 0. The van der Waals surface area contributed by atoms with E-state index < -0.39 is 5.97 Å². The number of rotatable bonds is 2. The van der Waals surface area contributed by atoms with Crippen LogP contribution in [0.4, 0.5) is 5.82 Å². The largest absolute Gasteiger partial charge is 0.465 e. The molecule has 0 aliphatic rings. The van der Waals surface area contributed by atoms with Crippen LogP contribution in [0.1, 0.15) is 16.1 Å². The number of nitrogens with two attached hydrogens (primary N) is 2. The van der Waals surface area contributed by atoms with Crippen LogP contribution in [0.2, 0.25) is 0 Å². The van der Waals surface area contributed by atoms with E-state index in [9.17, 15) is 4.79 Å². The molecule has 5 heteroatoms. The van der Waals surface area contributed by atoms with E-state index >= 15 is 0 Å². The Bertz CT molecular complexity index is 325. The Hall–Kier alpha value is -1.62. The number of nitrogens with zero attached hydrogens (tertiary/aromatic N) is 1. The smallest absolute Gasteiger partial charge is 0.338 e. The Labute approximate surface area is 75.7 Å². The van der Waals surface area contributed by atoms with Gasteiger partial charge < -0.3 is 16.2 Å². The highest BCUT2D eigenvalue weighted by molar-refractivity contribution is 5.90. The molecule has 13 heavy (non-hydrogen) atoms. The van der Waals surface area contributed by atoms with Crippen LogP contribution in [-0.4, -0.2) is 18.1 Å². The van der Waals surface area contributed by atoms with Crippen molar-refractivity contribution in [3.8, 4) is 0 Å². The third kappa shape index (κ3) is 2.16. The number of hydrogen-bond acceptors (Lipinski definition) is 5. The molecule has 70 valence electrons. The number of hydrogen-bond donors (Lipinski definition) is 2. The molecule has 0 atom stereocenters. The molecule has 1 rings (SSSR count). The molecule has 1 heterocycles. The lowest BCUT2D eigenvalue weighted by Crippen LogP contribution is -2.08. The molecule has 0 bridgehead atoms. The minimum Gasteiger partial charge on any atom is -0.465 e. The van der Waals surface area contributed by atoms with Crippen molar-refractivity contribution in [2.45, 2.75) is 6.54 Å². The van der Waals surface area contributed by atoms with Crippen LogP contribution in [0.25, 0.3) is 0 Å². The number of nitrogen functional groups attached to an aromatic ring is 1. The van der Waals surface area contributed by atoms with Gasteiger partial charge in [0.25, 0.3) is 0 Å². The average molecular weight is 181 g/mol. The molecule has 0 saturated heterocycles. The number of pyridine rings is 1. The zero-order valence-electron chi connectivity index (χ0n) is 7.28. The Morgan fingerprint density at radius 3 is 2.85 bits per heavy atom. The molecular formula is C8H11N3O2. The highest BCUT2D eigenvalue weighted by Gasteiger charge is 2.07. The van der Waals surface area contributed by atoms with Crippen LogP contribution in [0.5, 0.6) is 0 Å². The van der Waals surface area contributed by atoms with E-state index in [2.05, 4.69) is 9.72 Å². The van der Waals surface area contributed by atoms with Gasteiger partial charge in [-0.15, -0.1) is 0 Å². The van der Waals surface area contributed by atoms with E-state index in [-0.39, 0.29) is 12.4 Å². The first-order valence-electron chi connectivity index (χ1n) is 3.72. The molecule has 1 aromatic rings. The van der Waals surface area contributed by atoms with Crippen molar-refractivity contribution in [2.24, 2.45) is 5.73 Å². The van der Waals surface area contributed by atoms with Crippen molar-refractivity contribution < 1.29 is 9.53 Å². The summed E-state index contributed by atoms with van der Waals surface area (Å²) in [6.07, 6.45) is 0. The van der Waals surface area contributed by atoms with Crippen molar-refractivity contribution in [3.05, 3.63) is 23.4 Å². The monoisotopic (exact) mass is 181 g/mol. The van der Waals surface area contributed by atoms with Gasteiger partial charge in [0.1, 0.15) is 5.82 Å². The molecule has 5 nitrogen and oxygen atoms in total. The number of anilines is 1. The molecule has 4 N–H and O–H groups in total. The summed E-state index contributed by atoms with van der Waals surface area (Å²) >= 11 is 0. The Morgan fingerprint density at radius 2 is 2.31 bits per heavy atom. The molecule has 0 fully saturated rings. The maximum atomic E-state index is 11.1. The lowest BCUT2D eigenvalue weighted by atomic mass is 10.2. The van der Waals surface area contributed by atoms with Gasteiger partial charge >= 0.3 is 5.97 Å². The maximum Gasteiger partial charge on any atom is 0.338 e. The van der Waals surface area contributed by atoms with Gasteiger partial charge in [-0.05, 0) is 12.1 Å². The van der Waals surface area contributed by atoms with E-state index in [4.69, 9.17) is 11.5 Å². The predicted octanol–water partition coefficient (Wildman–Crippen LogP) is -0.0909. The summed E-state index contributed by atoms with van der Waals surface area (Å²) in [6.45, 7) is 0.245. The Kier molecular flexibility index (Phi) is 2.81.